The molecule has 5 aromatic heterocycles. The Balaban J connectivity index is 0.943. The van der Waals surface area contributed by atoms with E-state index in [1.807, 2.05) is 48.5 Å². The minimum Gasteiger partial charge on any atom is -0.308 e. The van der Waals surface area contributed by atoms with Crippen molar-refractivity contribution in [3.05, 3.63) is 285 Å². The highest BCUT2D eigenvalue weighted by Gasteiger charge is 2.30. The summed E-state index contributed by atoms with van der Waals surface area (Å²) in [5, 5.41) is 20.6. The Morgan fingerprint density at radius 1 is 0.274 bits per heavy atom. The van der Waals surface area contributed by atoms with Gasteiger partial charge in [0.15, 0.2) is 11.6 Å². The molecule has 0 unspecified atom stereocenters. The predicted molar refractivity (Wildman–Crippen MR) is 344 cm³/mol. The molecule has 0 N–H and O–H groups in total. The molecule has 17 aromatic rings. The normalized spacial score (nSPS) is 11.8. The molecule has 0 radical (unpaired) electrons. The minimum absolute atomic E-state index is 0.448. The van der Waals surface area contributed by atoms with Gasteiger partial charge in [0.05, 0.1) is 55.4 Å². The van der Waals surface area contributed by atoms with Crippen LogP contribution >= 0.6 is 0 Å². The van der Waals surface area contributed by atoms with Gasteiger partial charge in [-0.2, -0.15) is 15.2 Å². The van der Waals surface area contributed by atoms with Crippen LogP contribution in [-0.2, 0) is 0 Å². The first-order valence-corrected chi connectivity index (χ1v) is 28.2. The van der Waals surface area contributed by atoms with Crippen LogP contribution in [0.15, 0.2) is 279 Å². The van der Waals surface area contributed by atoms with Crippen LogP contribution < -0.4 is 0 Å². The molecule has 0 atom stereocenters. The second-order valence-electron chi connectivity index (χ2n) is 21.4. The molecule has 0 fully saturated rings. The van der Waals surface area contributed by atoms with Crippen molar-refractivity contribution in [2.75, 3.05) is 0 Å². The molecule has 17 rings (SSSR count). The Morgan fingerprint density at radius 2 is 0.643 bits per heavy atom. The summed E-state index contributed by atoms with van der Waals surface area (Å²) in [6, 6.07) is 101. The van der Waals surface area contributed by atoms with Crippen molar-refractivity contribution in [3.63, 3.8) is 0 Å². The highest BCUT2D eigenvalue weighted by atomic mass is 15.2. The number of benzene rings is 12. The lowest BCUT2D eigenvalue weighted by atomic mass is 10.0. The Bertz CT molecular complexity index is 5370. The monoisotopic (exact) mass is 1070 g/mol. The highest BCUT2D eigenvalue weighted by molar-refractivity contribution is 6.40. The van der Waals surface area contributed by atoms with Crippen molar-refractivity contribution in [2.24, 2.45) is 0 Å². The number of nitriles is 1. The molecular formula is C76H46N8. The van der Waals surface area contributed by atoms with Crippen LogP contribution in [0.2, 0.25) is 0 Å². The molecule has 5 heterocycles. The molecule has 12 aromatic carbocycles. The predicted octanol–water partition coefficient (Wildman–Crippen LogP) is 18.8. The summed E-state index contributed by atoms with van der Waals surface area (Å²) in [6.45, 7) is 0. The van der Waals surface area contributed by atoms with Crippen molar-refractivity contribution < 1.29 is 0 Å². The zero-order valence-corrected chi connectivity index (χ0v) is 45.1. The van der Waals surface area contributed by atoms with Gasteiger partial charge in [-0.15, -0.1) is 0 Å². The largest absolute Gasteiger partial charge is 0.308 e. The third kappa shape index (κ3) is 7.09. The molecule has 0 amide bonds. The molecular weight excluding hydrogens is 1020 g/mol. The Morgan fingerprint density at radius 3 is 1.11 bits per heavy atom. The van der Waals surface area contributed by atoms with Crippen molar-refractivity contribution in [1.82, 2.24) is 33.2 Å². The van der Waals surface area contributed by atoms with Crippen LogP contribution in [0, 0.1) is 11.3 Å². The fourth-order valence-electron chi connectivity index (χ4n) is 13.2. The Labute approximate surface area is 481 Å². The number of hydrogen-bond acceptors (Lipinski definition) is 4. The van der Waals surface area contributed by atoms with E-state index >= 15 is 0 Å². The molecule has 8 heteroatoms. The lowest BCUT2D eigenvalue weighted by Crippen LogP contribution is -2.07. The molecule has 0 spiro atoms. The summed E-state index contributed by atoms with van der Waals surface area (Å²) >= 11 is 0. The maximum atomic E-state index is 11.7. The van der Waals surface area contributed by atoms with Gasteiger partial charge in [-0.3, -0.25) is 4.57 Å². The first kappa shape index (κ1) is 47.2. The lowest BCUT2D eigenvalue weighted by molar-refractivity contribution is 0.953. The van der Waals surface area contributed by atoms with Crippen LogP contribution in [0.3, 0.4) is 0 Å². The molecule has 8 nitrogen and oxygen atoms in total. The highest BCUT2D eigenvalue weighted by Crippen LogP contribution is 2.51. The number of hydrogen-bond donors (Lipinski definition) is 0. The first-order valence-electron chi connectivity index (χ1n) is 28.2. The third-order valence-corrected chi connectivity index (χ3v) is 16.8. The number of para-hydroxylation sites is 5. The van der Waals surface area contributed by atoms with Crippen molar-refractivity contribution in [2.45, 2.75) is 0 Å². The molecule has 0 aliphatic heterocycles. The van der Waals surface area contributed by atoms with Gasteiger partial charge >= 0.3 is 0 Å². The topological polar surface area (TPSA) is 82.2 Å². The second-order valence-corrected chi connectivity index (χ2v) is 21.4. The van der Waals surface area contributed by atoms with Gasteiger partial charge in [-0.25, -0.2) is 4.98 Å². The summed E-state index contributed by atoms with van der Waals surface area (Å²) < 4.78 is 9.38. The Kier molecular flexibility index (Phi) is 10.5. The van der Waals surface area contributed by atoms with E-state index in [9.17, 15) is 5.26 Å². The third-order valence-electron chi connectivity index (χ3n) is 16.8. The van der Waals surface area contributed by atoms with E-state index in [4.69, 9.17) is 15.0 Å². The maximum absolute atomic E-state index is 11.7. The molecule has 0 saturated carbocycles. The number of fused-ring (bicyclic) bond motifs is 15. The van der Waals surface area contributed by atoms with Crippen LogP contribution in [-0.4, -0.2) is 33.2 Å². The van der Waals surface area contributed by atoms with Gasteiger partial charge < -0.3 is 13.7 Å². The van der Waals surface area contributed by atoms with Crippen LogP contribution in [0.5, 0.6) is 0 Å². The Hall–Kier alpha value is -11.7. The molecule has 390 valence electrons. The van der Waals surface area contributed by atoms with E-state index < -0.39 is 0 Å². The number of aromatic nitrogens is 7. The summed E-state index contributed by atoms with van der Waals surface area (Å²) in [5.74, 6) is 1.44. The summed E-state index contributed by atoms with van der Waals surface area (Å²) in [4.78, 5) is 16.0. The first-order chi connectivity index (χ1) is 41.7. The van der Waals surface area contributed by atoms with Crippen molar-refractivity contribution in [1.29, 1.82) is 5.26 Å². The van der Waals surface area contributed by atoms with E-state index in [1.54, 1.807) is 0 Å². The SMILES string of the molecule is N#Cc1cc(-c2nc(-c3ccccc3)nc(-n3c4ccc(-c5ccccc5)cc4c4cc(-c5ccccc5)ccc43)n2)ccc1-n1c2ccccc2c2c3c(c4ccccc4n3-c3ccccc3)c3c(c4ccccc4n3-c3ccccc3)c21. The summed E-state index contributed by atoms with van der Waals surface area (Å²) in [7, 11) is 0. The second kappa shape index (κ2) is 18.7. The zero-order valence-electron chi connectivity index (χ0n) is 45.1. The van der Waals surface area contributed by atoms with E-state index in [0.29, 0.717) is 28.7 Å². The average Bonchev–Trinajstić information content (AvgIpc) is 1.54. The lowest BCUT2D eigenvalue weighted by Gasteiger charge is -2.15. The van der Waals surface area contributed by atoms with Crippen LogP contribution in [0.25, 0.3) is 155 Å². The van der Waals surface area contributed by atoms with Gasteiger partial charge in [0.1, 0.15) is 6.07 Å². The maximum Gasteiger partial charge on any atom is 0.238 e. The fourth-order valence-corrected chi connectivity index (χ4v) is 13.2. The minimum atomic E-state index is 0.448. The van der Waals surface area contributed by atoms with Gasteiger partial charge in [0.2, 0.25) is 5.95 Å². The van der Waals surface area contributed by atoms with Gasteiger partial charge in [0, 0.05) is 65.6 Å². The summed E-state index contributed by atoms with van der Waals surface area (Å²) in [6.07, 6.45) is 0. The van der Waals surface area contributed by atoms with Gasteiger partial charge in [0.25, 0.3) is 0 Å². The molecule has 0 aliphatic carbocycles. The van der Waals surface area contributed by atoms with E-state index in [0.717, 1.165) is 132 Å². The van der Waals surface area contributed by atoms with E-state index in [2.05, 4.69) is 255 Å². The van der Waals surface area contributed by atoms with E-state index in [1.165, 1.54) is 0 Å². The van der Waals surface area contributed by atoms with E-state index in [-0.39, 0.29) is 0 Å². The molecule has 0 saturated heterocycles. The average molecular weight is 1070 g/mol. The number of nitrogens with zero attached hydrogens (tertiary/aromatic N) is 8. The quantitative estimate of drug-likeness (QED) is 0.152. The standard InChI is InChI=1S/C76H46N8/c77-47-54-44-53(75-78-74(50-26-10-3-11-27-50)79-76(80-75)84-66-42-38-51(48-22-6-1-7-23-48)45-60(66)61-46-52(39-43-67(61)84)49-24-8-2-9-25-49)40-41-62(54)83-65-37-21-18-34-59(65)70-72-68(57-32-16-19-35-63(57)81(72)55-28-12-4-13-29-55)71-69(73(70)83)58-33-17-20-36-64(58)82(71)56-30-14-5-15-31-56/h1-46H. The molecule has 0 bridgehead atoms. The van der Waals surface area contributed by atoms with Gasteiger partial charge in [-0.05, 0) is 107 Å². The fraction of sp³-hybridized carbons (Fsp3) is 0. The summed E-state index contributed by atoms with van der Waals surface area (Å²) in [5.41, 5.74) is 17.7. The van der Waals surface area contributed by atoms with Crippen molar-refractivity contribution >= 4 is 87.2 Å². The molecule has 84 heavy (non-hydrogen) atoms. The number of rotatable bonds is 8. The van der Waals surface area contributed by atoms with Crippen LogP contribution in [0.4, 0.5) is 0 Å². The molecule has 0 aliphatic rings. The van der Waals surface area contributed by atoms with Crippen LogP contribution in [0.1, 0.15) is 5.56 Å². The van der Waals surface area contributed by atoms with Gasteiger partial charge in [-0.1, -0.05) is 194 Å². The smallest absolute Gasteiger partial charge is 0.238 e. The zero-order chi connectivity index (χ0) is 55.4. The van der Waals surface area contributed by atoms with Crippen molar-refractivity contribution in [3.8, 4) is 74.1 Å².